The van der Waals surface area contributed by atoms with Crippen molar-refractivity contribution >= 4 is 11.9 Å². The number of carbonyl (C=O) groups is 2. The third-order valence-electron chi connectivity index (χ3n) is 3.78. The Morgan fingerprint density at radius 1 is 1.05 bits per heavy atom. The van der Waals surface area contributed by atoms with Crippen molar-refractivity contribution in [3.05, 3.63) is 12.2 Å². The lowest BCUT2D eigenvalue weighted by Crippen LogP contribution is -2.41. The minimum Gasteiger partial charge on any atom is -0.464 e. The van der Waals surface area contributed by atoms with Crippen LogP contribution in [0, 0.1) is 0 Å². The molecule has 1 atom stereocenters. The highest BCUT2D eigenvalue weighted by atomic mass is 16.5. The van der Waals surface area contributed by atoms with Crippen molar-refractivity contribution in [3.8, 4) is 0 Å². The highest BCUT2D eigenvalue weighted by Gasteiger charge is 2.34. The van der Waals surface area contributed by atoms with E-state index in [1.165, 1.54) is 0 Å². The van der Waals surface area contributed by atoms with Gasteiger partial charge in [0.05, 0.1) is 6.61 Å². The first-order valence-corrected chi connectivity index (χ1v) is 7.40. The monoisotopic (exact) mass is 265 g/mol. The van der Waals surface area contributed by atoms with E-state index in [2.05, 4.69) is 12.2 Å². The number of allylic oxidation sites excluding steroid dienone is 2. The molecule has 0 aromatic carbocycles. The normalized spacial score (nSPS) is 28.4. The largest absolute Gasteiger partial charge is 0.464 e. The van der Waals surface area contributed by atoms with Gasteiger partial charge in [-0.15, -0.1) is 0 Å². The third kappa shape index (κ3) is 4.08. The summed E-state index contributed by atoms with van der Waals surface area (Å²) < 4.78 is 5.28. The number of rotatable bonds is 0. The van der Waals surface area contributed by atoms with Crippen molar-refractivity contribution in [2.24, 2.45) is 0 Å². The van der Waals surface area contributed by atoms with Crippen LogP contribution in [0.1, 0.15) is 51.4 Å². The van der Waals surface area contributed by atoms with Crippen LogP contribution in [-0.2, 0) is 14.3 Å². The predicted octanol–water partition coefficient (Wildman–Crippen LogP) is 2.43. The summed E-state index contributed by atoms with van der Waals surface area (Å²) in [7, 11) is 0. The molecule has 0 aliphatic carbocycles. The summed E-state index contributed by atoms with van der Waals surface area (Å²) in [6.45, 7) is 1.17. The minimum atomic E-state index is -0.328. The second-order valence-corrected chi connectivity index (χ2v) is 5.27. The molecule has 0 bridgehead atoms. The summed E-state index contributed by atoms with van der Waals surface area (Å²) in [5.41, 5.74) is 0. The lowest BCUT2D eigenvalue weighted by molar-refractivity contribution is -0.153. The van der Waals surface area contributed by atoms with E-state index in [1.807, 2.05) is 0 Å². The zero-order valence-electron chi connectivity index (χ0n) is 11.5. The number of ether oxygens (including phenoxy) is 1. The third-order valence-corrected chi connectivity index (χ3v) is 3.78. The number of nitrogens with zero attached hydrogens (tertiary/aromatic N) is 1. The first-order valence-electron chi connectivity index (χ1n) is 7.40. The smallest absolute Gasteiger partial charge is 0.328 e. The molecule has 0 saturated carbocycles. The highest BCUT2D eigenvalue weighted by molar-refractivity contribution is 5.85. The van der Waals surface area contributed by atoms with Crippen LogP contribution in [0.15, 0.2) is 12.2 Å². The van der Waals surface area contributed by atoms with E-state index >= 15 is 0 Å². The van der Waals surface area contributed by atoms with Gasteiger partial charge in [0.25, 0.3) is 0 Å². The fourth-order valence-electron chi connectivity index (χ4n) is 2.70. The van der Waals surface area contributed by atoms with Gasteiger partial charge in [-0.2, -0.15) is 0 Å². The van der Waals surface area contributed by atoms with Gasteiger partial charge in [-0.3, -0.25) is 4.79 Å². The molecule has 0 aromatic rings. The van der Waals surface area contributed by atoms with E-state index < -0.39 is 0 Å². The SMILES string of the molecule is O=C1OCCC/C=C/CCCCC(=O)N2CCCC12. The molecular weight excluding hydrogens is 242 g/mol. The number of carbonyl (C=O) groups excluding carboxylic acids is 2. The number of fused-ring (bicyclic) bond motifs is 1. The van der Waals surface area contributed by atoms with Crippen LogP contribution in [0.2, 0.25) is 0 Å². The van der Waals surface area contributed by atoms with Gasteiger partial charge in [-0.05, 0) is 44.9 Å². The summed E-state index contributed by atoms with van der Waals surface area (Å²) >= 11 is 0. The quantitative estimate of drug-likeness (QED) is 0.499. The standard InChI is InChI=1S/C15H23NO3/c17-14-10-6-4-2-1-3-5-7-12-19-15(18)13-9-8-11-16(13)14/h1,3,13H,2,4-12H2/b3-1+. The van der Waals surface area contributed by atoms with Gasteiger partial charge < -0.3 is 9.64 Å². The van der Waals surface area contributed by atoms with Gasteiger partial charge in [0.15, 0.2) is 0 Å². The molecule has 1 unspecified atom stereocenters. The van der Waals surface area contributed by atoms with Crippen molar-refractivity contribution in [1.29, 1.82) is 0 Å². The highest BCUT2D eigenvalue weighted by Crippen LogP contribution is 2.20. The summed E-state index contributed by atoms with van der Waals surface area (Å²) in [4.78, 5) is 25.8. The van der Waals surface area contributed by atoms with E-state index in [-0.39, 0.29) is 17.9 Å². The van der Waals surface area contributed by atoms with Crippen molar-refractivity contribution in [1.82, 2.24) is 4.90 Å². The van der Waals surface area contributed by atoms with E-state index in [0.29, 0.717) is 19.6 Å². The fraction of sp³-hybridized carbons (Fsp3) is 0.733. The van der Waals surface area contributed by atoms with Crippen LogP contribution in [-0.4, -0.2) is 36.0 Å². The van der Waals surface area contributed by atoms with E-state index in [0.717, 1.165) is 44.9 Å². The van der Waals surface area contributed by atoms with Crippen LogP contribution >= 0.6 is 0 Å². The summed E-state index contributed by atoms with van der Waals surface area (Å²) in [5.74, 6) is -0.104. The van der Waals surface area contributed by atoms with Gasteiger partial charge in [0.2, 0.25) is 5.91 Å². The van der Waals surface area contributed by atoms with E-state index in [1.54, 1.807) is 4.90 Å². The molecule has 106 valence electrons. The molecular formula is C15H23NO3. The lowest BCUT2D eigenvalue weighted by Gasteiger charge is -2.23. The zero-order chi connectivity index (χ0) is 13.5. The van der Waals surface area contributed by atoms with Crippen LogP contribution in [0.5, 0.6) is 0 Å². The molecule has 4 nitrogen and oxygen atoms in total. The Kier molecular flexibility index (Phi) is 5.43. The number of esters is 1. The van der Waals surface area contributed by atoms with E-state index in [4.69, 9.17) is 4.74 Å². The lowest BCUT2D eigenvalue weighted by atomic mass is 10.1. The van der Waals surface area contributed by atoms with Gasteiger partial charge in [0, 0.05) is 13.0 Å². The van der Waals surface area contributed by atoms with Crippen molar-refractivity contribution < 1.29 is 14.3 Å². The zero-order valence-corrected chi connectivity index (χ0v) is 11.5. The molecule has 0 aromatic heterocycles. The molecule has 0 radical (unpaired) electrons. The van der Waals surface area contributed by atoms with Crippen molar-refractivity contribution in [2.75, 3.05) is 13.2 Å². The predicted molar refractivity (Wildman–Crippen MR) is 72.5 cm³/mol. The van der Waals surface area contributed by atoms with Gasteiger partial charge >= 0.3 is 5.97 Å². The Bertz CT molecular complexity index is 319. The first-order chi connectivity index (χ1) is 9.29. The van der Waals surface area contributed by atoms with Gasteiger partial charge in [-0.25, -0.2) is 4.79 Å². The number of hydrogen-bond donors (Lipinski definition) is 0. The minimum absolute atomic E-state index is 0.112. The summed E-state index contributed by atoms with van der Waals surface area (Å²) in [5, 5.41) is 0. The molecule has 0 N–H and O–H groups in total. The molecule has 1 fully saturated rings. The second-order valence-electron chi connectivity index (χ2n) is 5.27. The molecule has 4 heteroatoms. The molecule has 1 amide bonds. The molecule has 2 aliphatic heterocycles. The number of amides is 1. The van der Waals surface area contributed by atoms with Crippen LogP contribution in [0.4, 0.5) is 0 Å². The maximum Gasteiger partial charge on any atom is 0.328 e. The number of cyclic esters (lactones) is 1. The molecule has 1 saturated heterocycles. The summed E-state index contributed by atoms with van der Waals surface area (Å²) in [6.07, 6.45) is 11.3. The molecule has 19 heavy (non-hydrogen) atoms. The molecule has 2 aliphatic rings. The Balaban J connectivity index is 1.97. The first kappa shape index (κ1) is 14.1. The van der Waals surface area contributed by atoms with Crippen LogP contribution in [0.25, 0.3) is 0 Å². The Labute approximate surface area is 114 Å². The Morgan fingerprint density at radius 3 is 2.68 bits per heavy atom. The maximum atomic E-state index is 12.1. The topological polar surface area (TPSA) is 46.6 Å². The Hall–Kier alpha value is -1.32. The second kappa shape index (κ2) is 7.31. The fourth-order valence-corrected chi connectivity index (χ4v) is 2.70. The molecule has 2 heterocycles. The van der Waals surface area contributed by atoms with Crippen LogP contribution < -0.4 is 0 Å². The average molecular weight is 265 g/mol. The van der Waals surface area contributed by atoms with Crippen molar-refractivity contribution in [2.45, 2.75) is 57.4 Å². The number of hydrogen-bond acceptors (Lipinski definition) is 3. The van der Waals surface area contributed by atoms with Gasteiger partial charge in [-0.1, -0.05) is 12.2 Å². The van der Waals surface area contributed by atoms with Gasteiger partial charge in [0.1, 0.15) is 6.04 Å². The maximum absolute atomic E-state index is 12.1. The van der Waals surface area contributed by atoms with Crippen molar-refractivity contribution in [3.63, 3.8) is 0 Å². The van der Waals surface area contributed by atoms with E-state index in [9.17, 15) is 9.59 Å². The molecule has 2 rings (SSSR count). The molecule has 0 spiro atoms. The van der Waals surface area contributed by atoms with Crippen LogP contribution in [0.3, 0.4) is 0 Å². The average Bonchev–Trinajstić information content (AvgIpc) is 2.89. The summed E-state index contributed by atoms with van der Waals surface area (Å²) in [6, 6.07) is -0.328. The Morgan fingerprint density at radius 2 is 1.84 bits per heavy atom.